The molecule has 0 radical (unpaired) electrons. The van der Waals surface area contributed by atoms with Crippen LogP contribution in [-0.2, 0) is 5.41 Å². The molecule has 0 unspecified atom stereocenters. The van der Waals surface area contributed by atoms with Crippen molar-refractivity contribution in [2.45, 2.75) is 26.2 Å². The Morgan fingerprint density at radius 3 is 2.31 bits per heavy atom. The maximum absolute atomic E-state index is 12.3. The van der Waals surface area contributed by atoms with Gasteiger partial charge in [-0.05, 0) is 35.2 Å². The van der Waals surface area contributed by atoms with E-state index >= 15 is 0 Å². The standard InChI is InChI=1S/C21H27NO4/c1-21(2,3)16-8-6-7-9-17(16)26-13-12-22-20(23)15-10-11-18(24-4)19(14-15)25-5/h6-11,14H,12-13H2,1-5H3,(H,22,23). The minimum atomic E-state index is -0.182. The maximum Gasteiger partial charge on any atom is 0.251 e. The van der Waals surface area contributed by atoms with Crippen LogP contribution in [0.2, 0.25) is 0 Å². The van der Waals surface area contributed by atoms with Gasteiger partial charge >= 0.3 is 0 Å². The summed E-state index contributed by atoms with van der Waals surface area (Å²) in [5.74, 6) is 1.78. The van der Waals surface area contributed by atoms with Crippen molar-refractivity contribution in [2.75, 3.05) is 27.4 Å². The molecule has 0 saturated carbocycles. The average Bonchev–Trinajstić information content (AvgIpc) is 2.64. The lowest BCUT2D eigenvalue weighted by molar-refractivity contribution is 0.0946. The summed E-state index contributed by atoms with van der Waals surface area (Å²) in [4.78, 5) is 12.3. The highest BCUT2D eigenvalue weighted by Gasteiger charge is 2.18. The molecule has 0 aliphatic heterocycles. The second-order valence-corrected chi connectivity index (χ2v) is 6.92. The van der Waals surface area contributed by atoms with Crippen molar-refractivity contribution in [3.8, 4) is 17.2 Å². The average molecular weight is 357 g/mol. The van der Waals surface area contributed by atoms with Gasteiger partial charge in [0.1, 0.15) is 12.4 Å². The van der Waals surface area contributed by atoms with Crippen molar-refractivity contribution < 1.29 is 19.0 Å². The normalized spacial score (nSPS) is 11.0. The van der Waals surface area contributed by atoms with E-state index in [0.29, 0.717) is 30.2 Å². The summed E-state index contributed by atoms with van der Waals surface area (Å²) in [5.41, 5.74) is 1.66. The fraction of sp³-hybridized carbons (Fsp3) is 0.381. The second kappa shape index (κ2) is 8.61. The molecule has 26 heavy (non-hydrogen) atoms. The van der Waals surface area contributed by atoms with Crippen molar-refractivity contribution >= 4 is 5.91 Å². The van der Waals surface area contributed by atoms with Gasteiger partial charge in [-0.2, -0.15) is 0 Å². The Bertz CT molecular complexity index is 750. The minimum absolute atomic E-state index is 0.000506. The van der Waals surface area contributed by atoms with Gasteiger partial charge in [-0.1, -0.05) is 39.0 Å². The van der Waals surface area contributed by atoms with Crippen molar-refractivity contribution in [1.82, 2.24) is 5.32 Å². The van der Waals surface area contributed by atoms with Gasteiger partial charge in [0.2, 0.25) is 0 Å². The molecule has 0 aliphatic rings. The second-order valence-electron chi connectivity index (χ2n) is 6.92. The first-order valence-electron chi connectivity index (χ1n) is 8.59. The van der Waals surface area contributed by atoms with Gasteiger partial charge in [-0.15, -0.1) is 0 Å². The Labute approximate surface area is 155 Å². The highest BCUT2D eigenvalue weighted by molar-refractivity contribution is 5.94. The number of hydrogen-bond donors (Lipinski definition) is 1. The number of benzene rings is 2. The van der Waals surface area contributed by atoms with E-state index in [1.54, 1.807) is 32.4 Å². The number of nitrogens with one attached hydrogen (secondary N) is 1. The molecule has 5 heteroatoms. The van der Waals surface area contributed by atoms with E-state index in [1.165, 1.54) is 0 Å². The summed E-state index contributed by atoms with van der Waals surface area (Å²) in [6, 6.07) is 13.0. The Hall–Kier alpha value is -2.69. The quantitative estimate of drug-likeness (QED) is 0.766. The van der Waals surface area contributed by atoms with E-state index in [9.17, 15) is 4.79 Å². The first kappa shape index (κ1) is 19.6. The number of hydrogen-bond acceptors (Lipinski definition) is 4. The lowest BCUT2D eigenvalue weighted by atomic mass is 9.86. The van der Waals surface area contributed by atoms with Crippen LogP contribution in [0.4, 0.5) is 0 Å². The van der Waals surface area contributed by atoms with E-state index in [2.05, 4.69) is 32.2 Å². The molecule has 1 N–H and O–H groups in total. The molecule has 0 heterocycles. The predicted octanol–water partition coefficient (Wildman–Crippen LogP) is 3.81. The van der Waals surface area contributed by atoms with Crippen molar-refractivity contribution in [3.05, 3.63) is 53.6 Å². The van der Waals surface area contributed by atoms with Crippen LogP contribution in [0.1, 0.15) is 36.7 Å². The summed E-state index contributed by atoms with van der Waals surface area (Å²) in [6.07, 6.45) is 0. The Kier molecular flexibility index (Phi) is 6.50. The summed E-state index contributed by atoms with van der Waals surface area (Å²) < 4.78 is 16.3. The molecule has 140 valence electrons. The van der Waals surface area contributed by atoms with Crippen LogP contribution >= 0.6 is 0 Å². The largest absolute Gasteiger partial charge is 0.493 e. The first-order chi connectivity index (χ1) is 12.4. The SMILES string of the molecule is COc1ccc(C(=O)NCCOc2ccccc2C(C)(C)C)cc1OC. The Morgan fingerprint density at radius 2 is 1.65 bits per heavy atom. The number of rotatable bonds is 7. The zero-order valence-corrected chi connectivity index (χ0v) is 16.1. The monoisotopic (exact) mass is 357 g/mol. The highest BCUT2D eigenvalue weighted by atomic mass is 16.5. The lowest BCUT2D eigenvalue weighted by Crippen LogP contribution is -2.28. The number of ether oxygens (including phenoxy) is 3. The van der Waals surface area contributed by atoms with Crippen molar-refractivity contribution in [1.29, 1.82) is 0 Å². The fourth-order valence-corrected chi connectivity index (χ4v) is 2.62. The molecule has 0 fully saturated rings. The molecule has 0 bridgehead atoms. The molecule has 0 spiro atoms. The van der Waals surface area contributed by atoms with Gasteiger partial charge < -0.3 is 19.5 Å². The smallest absolute Gasteiger partial charge is 0.251 e. The van der Waals surface area contributed by atoms with E-state index < -0.39 is 0 Å². The molecule has 2 rings (SSSR count). The van der Waals surface area contributed by atoms with Crippen LogP contribution in [0.15, 0.2) is 42.5 Å². The van der Waals surface area contributed by atoms with Crippen LogP contribution in [0.5, 0.6) is 17.2 Å². The van der Waals surface area contributed by atoms with Gasteiger partial charge in [0.25, 0.3) is 5.91 Å². The molecule has 2 aromatic carbocycles. The Balaban J connectivity index is 1.92. The summed E-state index contributed by atoms with van der Waals surface area (Å²) >= 11 is 0. The summed E-state index contributed by atoms with van der Waals surface area (Å²) in [7, 11) is 3.10. The highest BCUT2D eigenvalue weighted by Crippen LogP contribution is 2.31. The third kappa shape index (κ3) is 4.91. The number of amides is 1. The topological polar surface area (TPSA) is 56.8 Å². The van der Waals surface area contributed by atoms with Gasteiger partial charge in [0.05, 0.1) is 20.8 Å². The molecule has 0 aromatic heterocycles. The minimum Gasteiger partial charge on any atom is -0.493 e. The zero-order valence-electron chi connectivity index (χ0n) is 16.1. The van der Waals surface area contributed by atoms with E-state index in [4.69, 9.17) is 14.2 Å². The third-order valence-electron chi connectivity index (χ3n) is 3.99. The summed E-state index contributed by atoms with van der Waals surface area (Å²) in [6.45, 7) is 7.24. The predicted molar refractivity (Wildman–Crippen MR) is 103 cm³/mol. The van der Waals surface area contributed by atoms with Gasteiger partial charge in [-0.3, -0.25) is 4.79 Å². The number of para-hydroxylation sites is 1. The first-order valence-corrected chi connectivity index (χ1v) is 8.59. The molecular formula is C21H27NO4. The van der Waals surface area contributed by atoms with E-state index in [-0.39, 0.29) is 11.3 Å². The van der Waals surface area contributed by atoms with Crippen LogP contribution in [-0.4, -0.2) is 33.3 Å². The molecule has 0 saturated heterocycles. The van der Waals surface area contributed by atoms with Gasteiger partial charge in [0, 0.05) is 5.56 Å². The zero-order chi connectivity index (χ0) is 19.2. The number of methoxy groups -OCH3 is 2. The van der Waals surface area contributed by atoms with Crippen molar-refractivity contribution in [3.63, 3.8) is 0 Å². The lowest BCUT2D eigenvalue weighted by Gasteiger charge is -2.22. The van der Waals surface area contributed by atoms with Crippen LogP contribution < -0.4 is 19.5 Å². The van der Waals surface area contributed by atoms with Crippen molar-refractivity contribution in [2.24, 2.45) is 0 Å². The molecule has 2 aromatic rings. The molecule has 5 nitrogen and oxygen atoms in total. The van der Waals surface area contributed by atoms with E-state index in [0.717, 1.165) is 11.3 Å². The molecule has 0 atom stereocenters. The number of carbonyl (C=O) groups is 1. The van der Waals surface area contributed by atoms with E-state index in [1.807, 2.05) is 18.2 Å². The van der Waals surface area contributed by atoms with Gasteiger partial charge in [-0.25, -0.2) is 0 Å². The molecular weight excluding hydrogens is 330 g/mol. The molecule has 1 amide bonds. The number of carbonyl (C=O) groups excluding carboxylic acids is 1. The maximum atomic E-state index is 12.3. The Morgan fingerprint density at radius 1 is 0.962 bits per heavy atom. The van der Waals surface area contributed by atoms with Crippen LogP contribution in [0.3, 0.4) is 0 Å². The van der Waals surface area contributed by atoms with Crippen LogP contribution in [0.25, 0.3) is 0 Å². The summed E-state index contributed by atoms with van der Waals surface area (Å²) in [5, 5.41) is 2.86. The van der Waals surface area contributed by atoms with Gasteiger partial charge in [0.15, 0.2) is 11.5 Å². The third-order valence-corrected chi connectivity index (χ3v) is 3.99. The van der Waals surface area contributed by atoms with Crippen LogP contribution in [0, 0.1) is 0 Å². The fourth-order valence-electron chi connectivity index (χ4n) is 2.62. The molecule has 0 aliphatic carbocycles.